The minimum Gasteiger partial charge on any atom is -0.361 e. The average Bonchev–Trinajstić information content (AvgIpc) is 2.65. The minimum absolute atomic E-state index is 0.0645. The summed E-state index contributed by atoms with van der Waals surface area (Å²) in [6, 6.07) is 0. The van der Waals surface area contributed by atoms with Crippen LogP contribution < -0.4 is 5.32 Å². The Bertz CT molecular complexity index is 373. The number of carbonyl (C=O) groups is 1. The van der Waals surface area contributed by atoms with Gasteiger partial charge in [0.2, 0.25) is 5.91 Å². The fraction of sp³-hybridized carbons (Fsp3) is 0.667. The van der Waals surface area contributed by atoms with Gasteiger partial charge in [-0.1, -0.05) is 5.16 Å². The first-order chi connectivity index (χ1) is 8.54. The molecular formula is C12H21N3O2S. The molecule has 0 fully saturated rings. The highest BCUT2D eigenvalue weighted by molar-refractivity contribution is 7.80. The van der Waals surface area contributed by atoms with Crippen molar-refractivity contribution in [2.75, 3.05) is 25.9 Å². The largest absolute Gasteiger partial charge is 0.361 e. The first kappa shape index (κ1) is 15.0. The van der Waals surface area contributed by atoms with Crippen molar-refractivity contribution in [1.82, 2.24) is 15.4 Å². The highest BCUT2D eigenvalue weighted by Gasteiger charge is 2.12. The summed E-state index contributed by atoms with van der Waals surface area (Å²) < 4.78 is 5.11. The number of rotatable bonds is 7. The Morgan fingerprint density at radius 3 is 2.78 bits per heavy atom. The van der Waals surface area contributed by atoms with Crippen molar-refractivity contribution >= 4 is 18.5 Å². The van der Waals surface area contributed by atoms with Crippen molar-refractivity contribution in [3.8, 4) is 0 Å². The van der Waals surface area contributed by atoms with Gasteiger partial charge >= 0.3 is 0 Å². The van der Waals surface area contributed by atoms with Crippen LogP contribution in [0, 0.1) is 13.8 Å². The van der Waals surface area contributed by atoms with Crippen LogP contribution in [0.3, 0.4) is 0 Å². The zero-order chi connectivity index (χ0) is 13.5. The number of thiol groups is 1. The van der Waals surface area contributed by atoms with Gasteiger partial charge in [0.25, 0.3) is 0 Å². The molecule has 6 heteroatoms. The van der Waals surface area contributed by atoms with E-state index in [-0.39, 0.29) is 5.91 Å². The van der Waals surface area contributed by atoms with Crippen LogP contribution in [0.4, 0.5) is 0 Å². The molecule has 5 nitrogen and oxygen atoms in total. The maximum Gasteiger partial charge on any atom is 0.221 e. The summed E-state index contributed by atoms with van der Waals surface area (Å²) in [5.74, 6) is 1.58. The third-order valence-electron chi connectivity index (χ3n) is 2.76. The molecule has 1 aromatic heterocycles. The minimum atomic E-state index is 0.0645. The van der Waals surface area contributed by atoms with Crippen LogP contribution in [-0.2, 0) is 11.3 Å². The van der Waals surface area contributed by atoms with Crippen LogP contribution in [0.2, 0.25) is 0 Å². The van der Waals surface area contributed by atoms with Gasteiger partial charge in [-0.25, -0.2) is 0 Å². The van der Waals surface area contributed by atoms with Gasteiger partial charge in [0, 0.05) is 37.4 Å². The van der Waals surface area contributed by atoms with E-state index < -0.39 is 0 Å². The Kier molecular flexibility index (Phi) is 6.21. The Morgan fingerprint density at radius 1 is 1.50 bits per heavy atom. The summed E-state index contributed by atoms with van der Waals surface area (Å²) in [4.78, 5) is 13.5. The van der Waals surface area contributed by atoms with Crippen LogP contribution in [0.1, 0.15) is 23.4 Å². The summed E-state index contributed by atoms with van der Waals surface area (Å²) >= 11 is 4.04. The molecule has 1 aromatic rings. The maximum absolute atomic E-state index is 11.4. The monoisotopic (exact) mass is 271 g/mol. The molecule has 1 amide bonds. The number of hydrogen-bond acceptors (Lipinski definition) is 5. The smallest absolute Gasteiger partial charge is 0.221 e. The molecule has 1 rings (SSSR count). The lowest BCUT2D eigenvalue weighted by Gasteiger charge is -2.16. The van der Waals surface area contributed by atoms with Crippen molar-refractivity contribution in [2.24, 2.45) is 0 Å². The predicted molar refractivity (Wildman–Crippen MR) is 73.8 cm³/mol. The van der Waals surface area contributed by atoms with E-state index in [1.807, 2.05) is 20.9 Å². The summed E-state index contributed by atoms with van der Waals surface area (Å²) in [5, 5.41) is 6.71. The van der Waals surface area contributed by atoms with Crippen LogP contribution in [0.15, 0.2) is 4.52 Å². The van der Waals surface area contributed by atoms with E-state index in [0.29, 0.717) is 25.3 Å². The molecule has 0 aliphatic heterocycles. The Labute approximate surface area is 113 Å². The number of amides is 1. The number of nitrogens with zero attached hydrogens (tertiary/aromatic N) is 2. The quantitative estimate of drug-likeness (QED) is 0.731. The van der Waals surface area contributed by atoms with Gasteiger partial charge in [-0.2, -0.15) is 12.6 Å². The standard InChI is InChI=1S/C12H21N3O2S/c1-9-11(10(2)17-14-9)8-15(3)6-4-12(16)13-5-7-18/h18H,4-8H2,1-3H3,(H,13,16). The lowest BCUT2D eigenvalue weighted by Crippen LogP contribution is -2.29. The molecule has 102 valence electrons. The molecule has 0 saturated carbocycles. The van der Waals surface area contributed by atoms with Crippen LogP contribution in [0.5, 0.6) is 0 Å². The zero-order valence-electron chi connectivity index (χ0n) is 11.2. The molecule has 0 atom stereocenters. The molecule has 0 saturated heterocycles. The first-order valence-electron chi connectivity index (χ1n) is 6.02. The summed E-state index contributed by atoms with van der Waals surface area (Å²) in [5.41, 5.74) is 2.02. The van der Waals surface area contributed by atoms with E-state index in [9.17, 15) is 4.79 Å². The fourth-order valence-corrected chi connectivity index (χ4v) is 1.76. The number of nitrogens with one attached hydrogen (secondary N) is 1. The van der Waals surface area contributed by atoms with Gasteiger partial charge in [-0.05, 0) is 20.9 Å². The highest BCUT2D eigenvalue weighted by atomic mass is 32.1. The fourth-order valence-electron chi connectivity index (χ4n) is 1.65. The summed E-state index contributed by atoms with van der Waals surface area (Å²) in [7, 11) is 1.98. The molecule has 0 spiro atoms. The molecule has 0 aliphatic rings. The van der Waals surface area contributed by atoms with Gasteiger partial charge in [-0.15, -0.1) is 0 Å². The zero-order valence-corrected chi connectivity index (χ0v) is 12.1. The second-order valence-corrected chi connectivity index (χ2v) is 4.81. The molecule has 0 aromatic carbocycles. The molecular weight excluding hydrogens is 250 g/mol. The Hall–Kier alpha value is -1.01. The second kappa shape index (κ2) is 7.43. The van der Waals surface area contributed by atoms with Crippen molar-refractivity contribution in [3.63, 3.8) is 0 Å². The molecule has 0 bridgehead atoms. The third kappa shape index (κ3) is 4.70. The average molecular weight is 271 g/mol. The lowest BCUT2D eigenvalue weighted by atomic mass is 10.2. The van der Waals surface area contributed by atoms with Crippen LogP contribution in [0.25, 0.3) is 0 Å². The highest BCUT2D eigenvalue weighted by Crippen LogP contribution is 2.14. The Morgan fingerprint density at radius 2 is 2.22 bits per heavy atom. The summed E-state index contributed by atoms with van der Waals surface area (Å²) in [6.45, 7) is 5.92. The summed E-state index contributed by atoms with van der Waals surface area (Å²) in [6.07, 6.45) is 0.494. The SMILES string of the molecule is Cc1noc(C)c1CN(C)CCC(=O)NCCS. The second-order valence-electron chi connectivity index (χ2n) is 4.36. The lowest BCUT2D eigenvalue weighted by molar-refractivity contribution is -0.121. The normalized spacial score (nSPS) is 10.9. The third-order valence-corrected chi connectivity index (χ3v) is 2.99. The molecule has 0 radical (unpaired) electrons. The number of aryl methyl sites for hydroxylation is 2. The van der Waals surface area contributed by atoms with Gasteiger partial charge < -0.3 is 14.7 Å². The maximum atomic E-state index is 11.4. The molecule has 18 heavy (non-hydrogen) atoms. The van der Waals surface area contributed by atoms with Crippen LogP contribution >= 0.6 is 12.6 Å². The van der Waals surface area contributed by atoms with Gasteiger partial charge in [-0.3, -0.25) is 4.79 Å². The number of hydrogen-bond donors (Lipinski definition) is 2. The number of aromatic nitrogens is 1. The first-order valence-corrected chi connectivity index (χ1v) is 6.65. The van der Waals surface area contributed by atoms with E-state index in [4.69, 9.17) is 4.52 Å². The molecule has 0 aliphatic carbocycles. The van der Waals surface area contributed by atoms with Gasteiger partial charge in [0.15, 0.2) is 0 Å². The van der Waals surface area contributed by atoms with Crippen molar-refractivity contribution in [2.45, 2.75) is 26.8 Å². The van der Waals surface area contributed by atoms with E-state index >= 15 is 0 Å². The van der Waals surface area contributed by atoms with Crippen molar-refractivity contribution in [1.29, 1.82) is 0 Å². The van der Waals surface area contributed by atoms with E-state index in [0.717, 1.165) is 23.6 Å². The van der Waals surface area contributed by atoms with E-state index in [1.54, 1.807) is 0 Å². The van der Waals surface area contributed by atoms with E-state index in [1.165, 1.54) is 0 Å². The predicted octanol–water partition coefficient (Wildman–Crippen LogP) is 1.16. The number of carbonyl (C=O) groups excluding carboxylic acids is 1. The Balaban J connectivity index is 2.34. The van der Waals surface area contributed by atoms with Crippen molar-refractivity contribution < 1.29 is 9.32 Å². The van der Waals surface area contributed by atoms with Gasteiger partial charge in [0.05, 0.1) is 5.69 Å². The van der Waals surface area contributed by atoms with Crippen LogP contribution in [-0.4, -0.2) is 41.9 Å². The molecule has 1 N–H and O–H groups in total. The van der Waals surface area contributed by atoms with Crippen molar-refractivity contribution in [3.05, 3.63) is 17.0 Å². The molecule has 0 unspecified atom stereocenters. The topological polar surface area (TPSA) is 58.4 Å². The van der Waals surface area contributed by atoms with Gasteiger partial charge in [0.1, 0.15) is 5.76 Å². The van der Waals surface area contributed by atoms with E-state index in [2.05, 4.69) is 28.0 Å². The molecule has 1 heterocycles.